The van der Waals surface area contributed by atoms with Crippen molar-refractivity contribution in [1.82, 2.24) is 0 Å². The molecule has 0 amide bonds. The average Bonchev–Trinajstić information content (AvgIpc) is 2.43. The summed E-state index contributed by atoms with van der Waals surface area (Å²) >= 11 is 0. The predicted octanol–water partition coefficient (Wildman–Crippen LogP) is 2.43. The summed E-state index contributed by atoms with van der Waals surface area (Å²) in [6.45, 7) is 0. The first kappa shape index (κ1) is 14.5. The number of esters is 1. The third kappa shape index (κ3) is 4.75. The van der Waals surface area contributed by atoms with E-state index >= 15 is 0 Å². The lowest BCUT2D eigenvalue weighted by atomic mass is 10.0. The molecule has 1 aromatic rings. The highest BCUT2D eigenvalue weighted by atomic mass is 16.5. The van der Waals surface area contributed by atoms with E-state index in [1.807, 2.05) is 24.3 Å². The van der Waals surface area contributed by atoms with Gasteiger partial charge in [0.2, 0.25) is 0 Å². The Labute approximate surface area is 108 Å². The molecule has 0 aliphatic rings. The molecule has 4 nitrogen and oxygen atoms in total. The highest BCUT2D eigenvalue weighted by molar-refractivity contribution is 5.68. The van der Waals surface area contributed by atoms with Gasteiger partial charge in [0.15, 0.2) is 0 Å². The fraction of sp³-hybridized carbons (Fsp3) is 0.500. The molecule has 0 aromatic heterocycles. The maximum absolute atomic E-state index is 10.9. The third-order valence-electron chi connectivity index (χ3n) is 2.92. The van der Waals surface area contributed by atoms with Gasteiger partial charge in [-0.3, -0.25) is 4.79 Å². The first-order valence-electron chi connectivity index (χ1n) is 6.13. The van der Waals surface area contributed by atoms with Gasteiger partial charge in [-0.15, -0.1) is 0 Å². The van der Waals surface area contributed by atoms with E-state index in [1.165, 1.54) is 7.11 Å². The molecule has 4 heteroatoms. The Morgan fingerprint density at radius 3 is 2.44 bits per heavy atom. The first-order chi connectivity index (χ1) is 8.67. The summed E-state index contributed by atoms with van der Waals surface area (Å²) in [6, 6.07) is 7.77. The Kier molecular flexibility index (Phi) is 6.22. The molecular weight excluding hydrogens is 230 g/mol. The standard InChI is InChI=1S/C14H21NO3/c1-17-12-9-7-11(8-10-12)13(15)5-3-4-6-14(16)18-2/h7-10,13H,3-6,15H2,1-2H3. The third-order valence-corrected chi connectivity index (χ3v) is 2.92. The van der Waals surface area contributed by atoms with Crippen molar-refractivity contribution in [3.8, 4) is 5.75 Å². The van der Waals surface area contributed by atoms with E-state index in [4.69, 9.17) is 10.5 Å². The molecule has 18 heavy (non-hydrogen) atoms. The van der Waals surface area contributed by atoms with Gasteiger partial charge in [-0.1, -0.05) is 18.6 Å². The number of hydrogen-bond acceptors (Lipinski definition) is 4. The van der Waals surface area contributed by atoms with Crippen LogP contribution in [0.15, 0.2) is 24.3 Å². The van der Waals surface area contributed by atoms with E-state index in [9.17, 15) is 4.79 Å². The van der Waals surface area contributed by atoms with E-state index in [-0.39, 0.29) is 12.0 Å². The van der Waals surface area contributed by atoms with E-state index in [1.54, 1.807) is 7.11 Å². The summed E-state index contributed by atoms with van der Waals surface area (Å²) in [4.78, 5) is 10.9. The summed E-state index contributed by atoms with van der Waals surface area (Å²) in [5, 5.41) is 0. The molecule has 0 saturated heterocycles. The van der Waals surface area contributed by atoms with Gasteiger partial charge < -0.3 is 15.2 Å². The Morgan fingerprint density at radius 2 is 1.89 bits per heavy atom. The van der Waals surface area contributed by atoms with Crippen LogP contribution in [0.4, 0.5) is 0 Å². The number of methoxy groups -OCH3 is 2. The van der Waals surface area contributed by atoms with Gasteiger partial charge in [0.05, 0.1) is 14.2 Å². The molecule has 2 N–H and O–H groups in total. The molecule has 0 saturated carbocycles. The summed E-state index contributed by atoms with van der Waals surface area (Å²) in [5.74, 6) is 0.671. The number of rotatable bonds is 7. The SMILES string of the molecule is COC(=O)CCCCC(N)c1ccc(OC)cc1. The molecule has 0 bridgehead atoms. The fourth-order valence-corrected chi connectivity index (χ4v) is 1.75. The summed E-state index contributed by atoms with van der Waals surface area (Å²) in [5.41, 5.74) is 7.17. The zero-order chi connectivity index (χ0) is 13.4. The average molecular weight is 251 g/mol. The van der Waals surface area contributed by atoms with Gasteiger partial charge in [0.25, 0.3) is 0 Å². The molecule has 0 fully saturated rings. The highest BCUT2D eigenvalue weighted by Gasteiger charge is 2.07. The second-order valence-corrected chi connectivity index (χ2v) is 4.20. The van der Waals surface area contributed by atoms with Gasteiger partial charge in [-0.2, -0.15) is 0 Å². The van der Waals surface area contributed by atoms with Crippen LogP contribution < -0.4 is 10.5 Å². The zero-order valence-corrected chi connectivity index (χ0v) is 11.0. The van der Waals surface area contributed by atoms with Gasteiger partial charge in [0.1, 0.15) is 5.75 Å². The number of nitrogens with two attached hydrogens (primary N) is 1. The molecule has 0 radical (unpaired) electrons. The lowest BCUT2D eigenvalue weighted by Gasteiger charge is -2.12. The maximum atomic E-state index is 10.9. The lowest BCUT2D eigenvalue weighted by molar-refractivity contribution is -0.140. The van der Waals surface area contributed by atoms with Crippen LogP contribution in [0.25, 0.3) is 0 Å². The molecule has 1 rings (SSSR count). The highest BCUT2D eigenvalue weighted by Crippen LogP contribution is 2.20. The van der Waals surface area contributed by atoms with Crippen LogP contribution in [-0.2, 0) is 9.53 Å². The molecule has 1 unspecified atom stereocenters. The Morgan fingerprint density at radius 1 is 1.22 bits per heavy atom. The molecule has 0 aliphatic heterocycles. The lowest BCUT2D eigenvalue weighted by Crippen LogP contribution is -2.10. The van der Waals surface area contributed by atoms with Gasteiger partial charge in [0, 0.05) is 12.5 Å². The molecule has 0 spiro atoms. The molecule has 100 valence electrons. The van der Waals surface area contributed by atoms with Crippen LogP contribution in [0.5, 0.6) is 5.75 Å². The van der Waals surface area contributed by atoms with Crippen molar-refractivity contribution in [3.05, 3.63) is 29.8 Å². The molecule has 0 aliphatic carbocycles. The smallest absolute Gasteiger partial charge is 0.305 e. The Hall–Kier alpha value is -1.55. The molecule has 0 heterocycles. The Balaban J connectivity index is 2.31. The topological polar surface area (TPSA) is 61.5 Å². The minimum Gasteiger partial charge on any atom is -0.497 e. The fourth-order valence-electron chi connectivity index (χ4n) is 1.75. The zero-order valence-electron chi connectivity index (χ0n) is 11.0. The minimum absolute atomic E-state index is 0.00792. The number of carbonyl (C=O) groups is 1. The van der Waals surface area contributed by atoms with Crippen molar-refractivity contribution in [1.29, 1.82) is 0 Å². The van der Waals surface area contributed by atoms with Crippen molar-refractivity contribution in [2.24, 2.45) is 5.73 Å². The quantitative estimate of drug-likeness (QED) is 0.597. The molecule has 1 atom stereocenters. The van der Waals surface area contributed by atoms with E-state index < -0.39 is 0 Å². The van der Waals surface area contributed by atoms with Crippen LogP contribution in [-0.4, -0.2) is 20.2 Å². The van der Waals surface area contributed by atoms with Crippen molar-refractivity contribution in [2.45, 2.75) is 31.7 Å². The van der Waals surface area contributed by atoms with Crippen LogP contribution in [0.1, 0.15) is 37.3 Å². The van der Waals surface area contributed by atoms with Gasteiger partial charge in [-0.25, -0.2) is 0 Å². The monoisotopic (exact) mass is 251 g/mol. The summed E-state index contributed by atoms with van der Waals surface area (Å²) in [7, 11) is 3.05. The summed E-state index contributed by atoms with van der Waals surface area (Å²) < 4.78 is 9.68. The largest absolute Gasteiger partial charge is 0.497 e. The van der Waals surface area contributed by atoms with Crippen molar-refractivity contribution in [2.75, 3.05) is 14.2 Å². The normalized spacial score (nSPS) is 11.9. The number of ether oxygens (including phenoxy) is 2. The van der Waals surface area contributed by atoms with E-state index in [0.717, 1.165) is 30.6 Å². The van der Waals surface area contributed by atoms with Crippen molar-refractivity contribution < 1.29 is 14.3 Å². The van der Waals surface area contributed by atoms with Gasteiger partial charge in [-0.05, 0) is 30.5 Å². The van der Waals surface area contributed by atoms with Crippen molar-refractivity contribution in [3.63, 3.8) is 0 Å². The second-order valence-electron chi connectivity index (χ2n) is 4.20. The maximum Gasteiger partial charge on any atom is 0.305 e. The van der Waals surface area contributed by atoms with Crippen LogP contribution in [0.2, 0.25) is 0 Å². The number of carbonyl (C=O) groups excluding carboxylic acids is 1. The second kappa shape index (κ2) is 7.71. The molecule has 1 aromatic carbocycles. The van der Waals surface area contributed by atoms with Gasteiger partial charge >= 0.3 is 5.97 Å². The van der Waals surface area contributed by atoms with E-state index in [0.29, 0.717) is 6.42 Å². The number of hydrogen-bond donors (Lipinski definition) is 1. The van der Waals surface area contributed by atoms with Crippen LogP contribution in [0, 0.1) is 0 Å². The van der Waals surface area contributed by atoms with E-state index in [2.05, 4.69) is 4.74 Å². The summed E-state index contributed by atoms with van der Waals surface area (Å²) in [6.07, 6.45) is 3.06. The van der Waals surface area contributed by atoms with Crippen molar-refractivity contribution >= 4 is 5.97 Å². The first-order valence-corrected chi connectivity index (χ1v) is 6.13. The minimum atomic E-state index is -0.159. The number of benzene rings is 1. The number of unbranched alkanes of at least 4 members (excludes halogenated alkanes) is 1. The van der Waals surface area contributed by atoms with Crippen LogP contribution in [0.3, 0.4) is 0 Å². The predicted molar refractivity (Wildman–Crippen MR) is 70.4 cm³/mol. The van der Waals surface area contributed by atoms with Crippen LogP contribution >= 0.6 is 0 Å². The Bertz CT molecular complexity index is 362. The molecular formula is C14H21NO3.